The highest BCUT2D eigenvalue weighted by Gasteiger charge is 2.34. The minimum atomic E-state index is -4.44. The normalized spacial score (nSPS) is 11.3. The largest absolute Gasteiger partial charge is 0.496 e. The lowest BCUT2D eigenvalue weighted by atomic mass is 9.91. The number of alkyl halides is 3. The van der Waals surface area contributed by atoms with Gasteiger partial charge in [-0.25, -0.2) is 0 Å². The molecule has 0 aliphatic carbocycles. The van der Waals surface area contributed by atoms with Crippen LogP contribution in [0, 0.1) is 0 Å². The van der Waals surface area contributed by atoms with E-state index in [0.29, 0.717) is 16.9 Å². The second kappa shape index (κ2) is 6.40. The van der Waals surface area contributed by atoms with Crippen LogP contribution in [0.5, 0.6) is 5.75 Å². The minimum absolute atomic E-state index is 0.112. The SMILES string of the molecule is COc1cccc(-c2ccccc2)c1-c1ccccc1C(F)(F)F. The van der Waals surface area contributed by atoms with Crippen LogP contribution in [-0.2, 0) is 6.18 Å². The van der Waals surface area contributed by atoms with Gasteiger partial charge in [0.25, 0.3) is 0 Å². The smallest absolute Gasteiger partial charge is 0.417 e. The maximum absolute atomic E-state index is 13.5. The number of halogens is 3. The van der Waals surface area contributed by atoms with E-state index in [1.807, 2.05) is 30.3 Å². The summed E-state index contributed by atoms with van der Waals surface area (Å²) < 4.78 is 45.8. The predicted octanol–water partition coefficient (Wildman–Crippen LogP) is 6.05. The molecular weight excluding hydrogens is 313 g/mol. The first kappa shape index (κ1) is 16.1. The molecule has 0 atom stereocenters. The maximum Gasteiger partial charge on any atom is 0.417 e. The molecule has 0 aliphatic heterocycles. The van der Waals surface area contributed by atoms with Gasteiger partial charge in [-0.15, -0.1) is 0 Å². The first-order valence-electron chi connectivity index (χ1n) is 7.41. The standard InChI is InChI=1S/C20H15F3O/c1-24-18-13-7-11-15(14-8-3-2-4-9-14)19(18)16-10-5-6-12-17(16)20(21,22)23/h2-13H,1H3. The Morgan fingerprint density at radius 2 is 1.33 bits per heavy atom. The summed E-state index contributed by atoms with van der Waals surface area (Å²) in [5.41, 5.74) is 1.42. The Morgan fingerprint density at radius 1 is 0.708 bits per heavy atom. The molecule has 0 spiro atoms. The van der Waals surface area contributed by atoms with Crippen molar-refractivity contribution in [2.75, 3.05) is 7.11 Å². The molecule has 0 N–H and O–H groups in total. The van der Waals surface area contributed by atoms with Crippen LogP contribution >= 0.6 is 0 Å². The van der Waals surface area contributed by atoms with Gasteiger partial charge >= 0.3 is 6.18 Å². The molecule has 0 radical (unpaired) electrons. The average Bonchev–Trinajstić information content (AvgIpc) is 2.61. The summed E-state index contributed by atoms with van der Waals surface area (Å²) in [5.74, 6) is 0.410. The van der Waals surface area contributed by atoms with Gasteiger partial charge in [0.15, 0.2) is 0 Å². The highest BCUT2D eigenvalue weighted by atomic mass is 19.4. The van der Waals surface area contributed by atoms with Crippen molar-refractivity contribution in [2.45, 2.75) is 6.18 Å². The van der Waals surface area contributed by atoms with Crippen molar-refractivity contribution in [1.82, 2.24) is 0 Å². The van der Waals surface area contributed by atoms with Gasteiger partial charge in [0, 0.05) is 5.56 Å². The van der Waals surface area contributed by atoms with E-state index < -0.39 is 11.7 Å². The quantitative estimate of drug-likeness (QED) is 0.569. The lowest BCUT2D eigenvalue weighted by Crippen LogP contribution is -2.07. The number of ether oxygens (including phenoxy) is 1. The zero-order valence-electron chi connectivity index (χ0n) is 13.0. The highest BCUT2D eigenvalue weighted by molar-refractivity contribution is 5.89. The third-order valence-electron chi connectivity index (χ3n) is 3.83. The number of hydrogen-bond acceptors (Lipinski definition) is 1. The first-order valence-corrected chi connectivity index (χ1v) is 7.41. The zero-order valence-corrected chi connectivity index (χ0v) is 13.0. The van der Waals surface area contributed by atoms with Crippen molar-refractivity contribution in [3.8, 4) is 28.0 Å². The molecule has 3 aromatic carbocycles. The van der Waals surface area contributed by atoms with E-state index in [1.54, 1.807) is 24.3 Å². The average molecular weight is 328 g/mol. The van der Waals surface area contributed by atoms with Crippen molar-refractivity contribution in [3.63, 3.8) is 0 Å². The number of methoxy groups -OCH3 is 1. The van der Waals surface area contributed by atoms with Gasteiger partial charge in [0.1, 0.15) is 5.75 Å². The molecule has 0 aliphatic rings. The Balaban J connectivity index is 2.33. The van der Waals surface area contributed by atoms with Gasteiger partial charge in [-0.1, -0.05) is 60.7 Å². The Labute approximate surface area is 138 Å². The molecule has 0 saturated carbocycles. The molecule has 1 nitrogen and oxygen atoms in total. The molecule has 0 aromatic heterocycles. The summed E-state index contributed by atoms with van der Waals surface area (Å²) in [7, 11) is 1.46. The van der Waals surface area contributed by atoms with Crippen molar-refractivity contribution < 1.29 is 17.9 Å². The van der Waals surface area contributed by atoms with Gasteiger partial charge in [0.2, 0.25) is 0 Å². The van der Waals surface area contributed by atoms with E-state index in [0.717, 1.165) is 11.6 Å². The third-order valence-corrected chi connectivity index (χ3v) is 3.83. The molecule has 3 rings (SSSR count). The van der Waals surface area contributed by atoms with Crippen molar-refractivity contribution in [1.29, 1.82) is 0 Å². The summed E-state index contributed by atoms with van der Waals surface area (Å²) in [5, 5.41) is 0. The van der Waals surface area contributed by atoms with Crippen LogP contribution in [0.25, 0.3) is 22.3 Å². The fourth-order valence-electron chi connectivity index (χ4n) is 2.79. The van der Waals surface area contributed by atoms with E-state index in [4.69, 9.17) is 4.74 Å². The Kier molecular flexibility index (Phi) is 4.30. The molecular formula is C20H15F3O. The minimum Gasteiger partial charge on any atom is -0.496 e. The molecule has 0 saturated heterocycles. The van der Waals surface area contributed by atoms with Crippen LogP contribution in [0.15, 0.2) is 72.8 Å². The van der Waals surface area contributed by atoms with E-state index >= 15 is 0 Å². The second-order valence-electron chi connectivity index (χ2n) is 5.29. The summed E-state index contributed by atoms with van der Waals surface area (Å²) in [6, 6.07) is 20.1. The fourth-order valence-corrected chi connectivity index (χ4v) is 2.79. The monoisotopic (exact) mass is 328 g/mol. The highest BCUT2D eigenvalue weighted by Crippen LogP contribution is 2.44. The molecule has 3 aromatic rings. The number of rotatable bonds is 3. The molecule has 122 valence electrons. The van der Waals surface area contributed by atoms with E-state index in [1.165, 1.54) is 19.2 Å². The van der Waals surface area contributed by atoms with Crippen LogP contribution in [0.1, 0.15) is 5.56 Å². The van der Waals surface area contributed by atoms with Gasteiger partial charge < -0.3 is 4.74 Å². The molecule has 4 heteroatoms. The molecule has 0 fully saturated rings. The van der Waals surface area contributed by atoms with E-state index in [2.05, 4.69) is 0 Å². The fraction of sp³-hybridized carbons (Fsp3) is 0.100. The third kappa shape index (κ3) is 3.00. The molecule has 0 bridgehead atoms. The molecule has 24 heavy (non-hydrogen) atoms. The van der Waals surface area contributed by atoms with Crippen LogP contribution in [0.2, 0.25) is 0 Å². The van der Waals surface area contributed by atoms with Gasteiger partial charge in [-0.2, -0.15) is 13.2 Å². The lowest BCUT2D eigenvalue weighted by molar-refractivity contribution is -0.137. The lowest BCUT2D eigenvalue weighted by Gasteiger charge is -2.18. The topological polar surface area (TPSA) is 9.23 Å². The molecule has 0 amide bonds. The zero-order chi connectivity index (χ0) is 17.2. The number of benzene rings is 3. The van der Waals surface area contributed by atoms with Crippen LogP contribution in [0.4, 0.5) is 13.2 Å². The van der Waals surface area contributed by atoms with Crippen molar-refractivity contribution in [3.05, 3.63) is 78.4 Å². The Bertz CT molecular complexity index is 839. The van der Waals surface area contributed by atoms with Gasteiger partial charge in [-0.3, -0.25) is 0 Å². The van der Waals surface area contributed by atoms with Crippen LogP contribution in [0.3, 0.4) is 0 Å². The van der Waals surface area contributed by atoms with Crippen LogP contribution in [-0.4, -0.2) is 7.11 Å². The second-order valence-corrected chi connectivity index (χ2v) is 5.29. The Hall–Kier alpha value is -2.75. The summed E-state index contributed by atoms with van der Waals surface area (Å²) in [4.78, 5) is 0. The summed E-state index contributed by atoms with van der Waals surface area (Å²) in [6.07, 6.45) is -4.44. The van der Waals surface area contributed by atoms with Crippen molar-refractivity contribution >= 4 is 0 Å². The predicted molar refractivity (Wildman–Crippen MR) is 88.9 cm³/mol. The molecule has 0 heterocycles. The van der Waals surface area contributed by atoms with Gasteiger partial charge in [0.05, 0.1) is 12.7 Å². The summed E-state index contributed by atoms with van der Waals surface area (Å²) >= 11 is 0. The summed E-state index contributed by atoms with van der Waals surface area (Å²) in [6.45, 7) is 0. The maximum atomic E-state index is 13.5. The van der Waals surface area contributed by atoms with E-state index in [-0.39, 0.29) is 5.56 Å². The molecule has 0 unspecified atom stereocenters. The van der Waals surface area contributed by atoms with Crippen molar-refractivity contribution in [2.24, 2.45) is 0 Å². The van der Waals surface area contributed by atoms with Crippen LogP contribution < -0.4 is 4.74 Å². The van der Waals surface area contributed by atoms with E-state index in [9.17, 15) is 13.2 Å². The number of hydrogen-bond donors (Lipinski definition) is 0. The van der Waals surface area contributed by atoms with Gasteiger partial charge in [-0.05, 0) is 28.8 Å². The Morgan fingerprint density at radius 3 is 2.00 bits per heavy atom. The first-order chi connectivity index (χ1) is 11.5.